The molecule has 138 valence electrons. The van der Waals surface area contributed by atoms with Crippen LogP contribution < -0.4 is 0 Å². The van der Waals surface area contributed by atoms with E-state index in [0.29, 0.717) is 19.1 Å². The normalized spacial score (nSPS) is 19.8. The van der Waals surface area contributed by atoms with Crippen LogP contribution in [0.4, 0.5) is 0 Å². The number of phenolic OH excluding ortho intramolecular Hbond substituents is 1. The Bertz CT molecular complexity index is 749. The van der Waals surface area contributed by atoms with Crippen molar-refractivity contribution < 1.29 is 9.90 Å². The average Bonchev–Trinajstić information content (AvgIpc) is 3.11. The van der Waals surface area contributed by atoms with Gasteiger partial charge in [-0.25, -0.2) is 0 Å². The molecule has 0 bridgehead atoms. The summed E-state index contributed by atoms with van der Waals surface area (Å²) in [6, 6.07) is 7.55. The number of nitrogens with one attached hydrogen (secondary N) is 1. The molecule has 2 heterocycles. The Kier molecular flexibility index (Phi) is 4.93. The maximum absolute atomic E-state index is 12.7. The van der Waals surface area contributed by atoms with Gasteiger partial charge in [0.15, 0.2) is 0 Å². The molecule has 4 rings (SSSR count). The first-order valence-electron chi connectivity index (χ1n) is 9.54. The monoisotopic (exact) mass is 354 g/mol. The van der Waals surface area contributed by atoms with Crippen LogP contribution in [-0.2, 0) is 11.3 Å². The molecular weight excluding hydrogens is 328 g/mol. The Hall–Kier alpha value is -2.34. The highest BCUT2D eigenvalue weighted by Gasteiger charge is 2.30. The number of carbonyl (C=O) groups is 1. The minimum absolute atomic E-state index is 0.249. The summed E-state index contributed by atoms with van der Waals surface area (Å²) >= 11 is 0. The molecule has 0 spiro atoms. The van der Waals surface area contributed by atoms with E-state index in [1.807, 2.05) is 18.3 Å². The third-order valence-corrected chi connectivity index (χ3v) is 5.62. The van der Waals surface area contributed by atoms with Crippen molar-refractivity contribution in [3.8, 4) is 17.0 Å². The van der Waals surface area contributed by atoms with E-state index in [2.05, 4.69) is 20.0 Å². The molecule has 0 unspecified atom stereocenters. The van der Waals surface area contributed by atoms with Crippen LogP contribution in [0.25, 0.3) is 11.3 Å². The largest absolute Gasteiger partial charge is 0.508 e. The molecule has 2 aromatic rings. The molecule has 0 atom stereocenters. The van der Waals surface area contributed by atoms with Gasteiger partial charge in [0.25, 0.3) is 0 Å². The second-order valence-corrected chi connectivity index (χ2v) is 7.41. The number of aromatic amines is 1. The summed E-state index contributed by atoms with van der Waals surface area (Å²) in [5.74, 6) is 0.511. The smallest absolute Gasteiger partial charge is 0.237 e. The fourth-order valence-electron chi connectivity index (χ4n) is 4.20. The van der Waals surface area contributed by atoms with Crippen molar-refractivity contribution in [3.63, 3.8) is 0 Å². The molecule has 1 aromatic heterocycles. The molecule has 2 N–H and O–H groups in total. The molecule has 2 aliphatic rings. The standard InChI is InChI=1S/C20H26N4O2/c25-18-8-6-15(7-9-18)20-16(12-21-22-20)13-23-10-11-24(19(26)14-23)17-4-2-1-3-5-17/h6-9,12,17,25H,1-5,10-11,13-14H2,(H,21,22). The van der Waals surface area contributed by atoms with E-state index in [9.17, 15) is 9.90 Å². The topological polar surface area (TPSA) is 72.5 Å². The maximum Gasteiger partial charge on any atom is 0.237 e. The number of hydrogen-bond acceptors (Lipinski definition) is 4. The zero-order valence-electron chi connectivity index (χ0n) is 15.0. The third kappa shape index (κ3) is 3.60. The fraction of sp³-hybridized carbons (Fsp3) is 0.500. The summed E-state index contributed by atoms with van der Waals surface area (Å²) < 4.78 is 0. The first kappa shape index (κ1) is 17.1. The molecular formula is C20H26N4O2. The summed E-state index contributed by atoms with van der Waals surface area (Å²) in [6.45, 7) is 2.92. The van der Waals surface area contributed by atoms with Crippen LogP contribution in [0.5, 0.6) is 5.75 Å². The van der Waals surface area contributed by atoms with Gasteiger partial charge in [0, 0.05) is 36.8 Å². The highest BCUT2D eigenvalue weighted by Crippen LogP contribution is 2.26. The van der Waals surface area contributed by atoms with Crippen LogP contribution in [0.2, 0.25) is 0 Å². The van der Waals surface area contributed by atoms with Gasteiger partial charge in [0.05, 0.1) is 18.4 Å². The summed E-state index contributed by atoms with van der Waals surface area (Å²) in [5, 5.41) is 16.7. The minimum Gasteiger partial charge on any atom is -0.508 e. The summed E-state index contributed by atoms with van der Waals surface area (Å²) in [4.78, 5) is 17.0. The van der Waals surface area contributed by atoms with Gasteiger partial charge in [-0.1, -0.05) is 19.3 Å². The molecule has 1 aliphatic heterocycles. The second kappa shape index (κ2) is 7.50. The zero-order chi connectivity index (χ0) is 17.9. The lowest BCUT2D eigenvalue weighted by Gasteiger charge is -2.40. The number of piperazine rings is 1. The van der Waals surface area contributed by atoms with Gasteiger partial charge >= 0.3 is 0 Å². The van der Waals surface area contributed by atoms with Crippen molar-refractivity contribution in [3.05, 3.63) is 36.0 Å². The number of phenols is 1. The van der Waals surface area contributed by atoms with Crippen molar-refractivity contribution in [2.24, 2.45) is 0 Å². The highest BCUT2D eigenvalue weighted by atomic mass is 16.3. The molecule has 6 heteroatoms. The Labute approximate surface area is 153 Å². The number of rotatable bonds is 4. The first-order valence-corrected chi connectivity index (χ1v) is 9.54. The van der Waals surface area contributed by atoms with Crippen molar-refractivity contribution in [1.29, 1.82) is 0 Å². The molecule has 2 fully saturated rings. The van der Waals surface area contributed by atoms with Gasteiger partial charge < -0.3 is 10.0 Å². The van der Waals surface area contributed by atoms with Crippen LogP contribution in [0, 0.1) is 0 Å². The quantitative estimate of drug-likeness (QED) is 0.886. The number of nitrogens with zero attached hydrogens (tertiary/aromatic N) is 3. The predicted molar refractivity (Wildman–Crippen MR) is 99.6 cm³/mol. The number of amides is 1. The SMILES string of the molecule is O=C1CN(Cc2cn[nH]c2-c2ccc(O)cc2)CCN1C1CCCCC1. The number of aromatic nitrogens is 2. The molecule has 1 aliphatic carbocycles. The van der Waals surface area contributed by atoms with Gasteiger partial charge in [0.1, 0.15) is 5.75 Å². The molecule has 1 amide bonds. The summed E-state index contributed by atoms with van der Waals surface area (Å²) in [7, 11) is 0. The van der Waals surface area contributed by atoms with Crippen LogP contribution in [0.1, 0.15) is 37.7 Å². The van der Waals surface area contributed by atoms with E-state index >= 15 is 0 Å². The van der Waals surface area contributed by atoms with Gasteiger partial charge in [-0.3, -0.25) is 14.8 Å². The summed E-state index contributed by atoms with van der Waals surface area (Å²) in [6.07, 6.45) is 7.98. The van der Waals surface area contributed by atoms with E-state index < -0.39 is 0 Å². The number of hydrogen-bond donors (Lipinski definition) is 2. The van der Waals surface area contributed by atoms with Crippen molar-refractivity contribution in [2.45, 2.75) is 44.7 Å². The lowest BCUT2D eigenvalue weighted by molar-refractivity contribution is -0.139. The van der Waals surface area contributed by atoms with E-state index in [-0.39, 0.29) is 11.7 Å². The number of carbonyl (C=O) groups excluding carboxylic acids is 1. The van der Waals surface area contributed by atoms with Crippen molar-refractivity contribution in [2.75, 3.05) is 19.6 Å². The van der Waals surface area contributed by atoms with E-state index in [1.165, 1.54) is 32.1 Å². The van der Waals surface area contributed by atoms with Crippen LogP contribution in [0.3, 0.4) is 0 Å². The molecule has 26 heavy (non-hydrogen) atoms. The van der Waals surface area contributed by atoms with Crippen LogP contribution in [0.15, 0.2) is 30.5 Å². The van der Waals surface area contributed by atoms with Crippen LogP contribution >= 0.6 is 0 Å². The molecule has 1 aromatic carbocycles. The number of benzene rings is 1. The Morgan fingerprint density at radius 3 is 2.62 bits per heavy atom. The van der Waals surface area contributed by atoms with Gasteiger partial charge in [-0.05, 0) is 37.1 Å². The van der Waals surface area contributed by atoms with E-state index in [0.717, 1.165) is 29.9 Å². The Morgan fingerprint density at radius 2 is 1.88 bits per heavy atom. The molecule has 1 saturated carbocycles. The molecule has 1 saturated heterocycles. The van der Waals surface area contributed by atoms with Crippen molar-refractivity contribution in [1.82, 2.24) is 20.0 Å². The van der Waals surface area contributed by atoms with Gasteiger partial charge in [-0.15, -0.1) is 0 Å². The van der Waals surface area contributed by atoms with Gasteiger partial charge in [-0.2, -0.15) is 5.10 Å². The van der Waals surface area contributed by atoms with Crippen LogP contribution in [-0.4, -0.2) is 56.7 Å². The zero-order valence-corrected chi connectivity index (χ0v) is 15.0. The highest BCUT2D eigenvalue weighted by molar-refractivity contribution is 5.79. The predicted octanol–water partition coefficient (Wildman–Crippen LogP) is 2.76. The maximum atomic E-state index is 12.7. The lowest BCUT2D eigenvalue weighted by atomic mass is 9.93. The van der Waals surface area contributed by atoms with E-state index in [4.69, 9.17) is 0 Å². The fourth-order valence-corrected chi connectivity index (χ4v) is 4.20. The van der Waals surface area contributed by atoms with Crippen molar-refractivity contribution >= 4 is 5.91 Å². The number of H-pyrrole nitrogens is 1. The third-order valence-electron chi connectivity index (χ3n) is 5.62. The Morgan fingerprint density at radius 1 is 1.12 bits per heavy atom. The minimum atomic E-state index is 0.249. The van der Waals surface area contributed by atoms with E-state index in [1.54, 1.807) is 12.1 Å². The van der Waals surface area contributed by atoms with Gasteiger partial charge in [0.2, 0.25) is 5.91 Å². The lowest BCUT2D eigenvalue weighted by Crippen LogP contribution is -2.54. The number of aromatic hydroxyl groups is 1. The average molecular weight is 354 g/mol. The summed E-state index contributed by atoms with van der Waals surface area (Å²) in [5.41, 5.74) is 3.02. The molecule has 0 radical (unpaired) electrons. The first-order chi connectivity index (χ1) is 12.7. The molecule has 6 nitrogen and oxygen atoms in total. The Balaban J connectivity index is 1.41. The second-order valence-electron chi connectivity index (χ2n) is 7.41.